The standard InChI is InChI=1S/C5H7N3O2/c6-4(9)1-5(10)2-7-3-8-5/h2-3,10H,1H2,(H2,6,9). The van der Waals surface area contributed by atoms with E-state index in [1.807, 2.05) is 0 Å². The summed E-state index contributed by atoms with van der Waals surface area (Å²) in [7, 11) is 0. The quantitative estimate of drug-likeness (QED) is 0.498. The summed E-state index contributed by atoms with van der Waals surface area (Å²) in [6.07, 6.45) is 2.15. The number of nitrogens with zero attached hydrogens (tertiary/aromatic N) is 2. The Morgan fingerprint density at radius 1 is 1.80 bits per heavy atom. The molecular formula is C5H7N3O2. The number of rotatable bonds is 2. The van der Waals surface area contributed by atoms with Gasteiger partial charge in [0.1, 0.15) is 6.34 Å². The Balaban J connectivity index is 2.62. The molecule has 1 heterocycles. The van der Waals surface area contributed by atoms with E-state index in [1.54, 1.807) is 0 Å². The lowest BCUT2D eigenvalue weighted by Gasteiger charge is -2.11. The monoisotopic (exact) mass is 141 g/mol. The van der Waals surface area contributed by atoms with Gasteiger partial charge in [-0.3, -0.25) is 4.79 Å². The van der Waals surface area contributed by atoms with Crippen LogP contribution in [0.5, 0.6) is 0 Å². The van der Waals surface area contributed by atoms with Gasteiger partial charge in [-0.15, -0.1) is 0 Å². The van der Waals surface area contributed by atoms with E-state index in [-0.39, 0.29) is 6.42 Å². The smallest absolute Gasteiger partial charge is 0.222 e. The number of hydrogen-bond acceptors (Lipinski definition) is 4. The number of carbonyl (C=O) groups excluding carboxylic acids is 1. The third-order valence-electron chi connectivity index (χ3n) is 1.06. The molecule has 1 unspecified atom stereocenters. The Bertz CT molecular complexity index is 197. The van der Waals surface area contributed by atoms with Crippen molar-refractivity contribution in [3.63, 3.8) is 0 Å². The summed E-state index contributed by atoms with van der Waals surface area (Å²) in [5.41, 5.74) is 3.34. The zero-order valence-corrected chi connectivity index (χ0v) is 5.19. The molecule has 0 saturated carbocycles. The van der Waals surface area contributed by atoms with Gasteiger partial charge in [0.2, 0.25) is 11.6 Å². The van der Waals surface area contributed by atoms with Gasteiger partial charge in [-0.05, 0) is 0 Å². The highest BCUT2D eigenvalue weighted by molar-refractivity contribution is 5.89. The molecule has 5 heteroatoms. The first-order valence-electron chi connectivity index (χ1n) is 2.71. The van der Waals surface area contributed by atoms with Gasteiger partial charge in [0.25, 0.3) is 0 Å². The third-order valence-corrected chi connectivity index (χ3v) is 1.06. The van der Waals surface area contributed by atoms with Crippen molar-refractivity contribution < 1.29 is 9.90 Å². The molecule has 0 aromatic heterocycles. The SMILES string of the molecule is NC(=O)CC1(O)C=NC=N1. The molecule has 0 fully saturated rings. The van der Waals surface area contributed by atoms with Gasteiger partial charge >= 0.3 is 0 Å². The van der Waals surface area contributed by atoms with E-state index < -0.39 is 11.6 Å². The first kappa shape index (κ1) is 6.88. The number of carbonyl (C=O) groups is 1. The second-order valence-corrected chi connectivity index (χ2v) is 2.04. The van der Waals surface area contributed by atoms with Crippen LogP contribution in [0.4, 0.5) is 0 Å². The molecule has 0 bridgehead atoms. The molecule has 3 N–H and O–H groups in total. The van der Waals surface area contributed by atoms with Crippen LogP contribution in [0.1, 0.15) is 6.42 Å². The van der Waals surface area contributed by atoms with Gasteiger partial charge in [0.15, 0.2) is 0 Å². The Hall–Kier alpha value is -1.23. The maximum absolute atomic E-state index is 10.3. The first-order chi connectivity index (χ1) is 4.62. The van der Waals surface area contributed by atoms with Crippen molar-refractivity contribution >= 4 is 18.5 Å². The lowest BCUT2D eigenvalue weighted by Crippen LogP contribution is -2.32. The van der Waals surface area contributed by atoms with Gasteiger partial charge in [0.05, 0.1) is 12.6 Å². The van der Waals surface area contributed by atoms with E-state index in [9.17, 15) is 9.90 Å². The van der Waals surface area contributed by atoms with Crippen molar-refractivity contribution in [2.75, 3.05) is 0 Å². The predicted molar refractivity (Wildman–Crippen MR) is 35.7 cm³/mol. The normalized spacial score (nSPS) is 29.3. The molecule has 1 aliphatic heterocycles. The Morgan fingerprint density at radius 3 is 2.90 bits per heavy atom. The Morgan fingerprint density at radius 2 is 2.50 bits per heavy atom. The summed E-state index contributed by atoms with van der Waals surface area (Å²) in [5.74, 6) is -0.604. The van der Waals surface area contributed by atoms with E-state index in [4.69, 9.17) is 5.73 Å². The predicted octanol–water partition coefficient (Wildman–Crippen LogP) is -1.34. The zero-order chi connectivity index (χ0) is 7.61. The highest BCUT2D eigenvalue weighted by atomic mass is 16.3. The van der Waals surface area contributed by atoms with Crippen molar-refractivity contribution in [2.45, 2.75) is 12.1 Å². The summed E-state index contributed by atoms with van der Waals surface area (Å²) in [5, 5.41) is 9.21. The average molecular weight is 141 g/mol. The molecule has 0 aromatic rings. The molecule has 1 aliphatic rings. The fraction of sp³-hybridized carbons (Fsp3) is 0.400. The van der Waals surface area contributed by atoms with Crippen LogP contribution >= 0.6 is 0 Å². The van der Waals surface area contributed by atoms with Crippen LogP contribution in [0.25, 0.3) is 0 Å². The third kappa shape index (κ3) is 1.38. The first-order valence-corrected chi connectivity index (χ1v) is 2.71. The number of primary amides is 1. The van der Waals surface area contributed by atoms with Gasteiger partial charge in [0, 0.05) is 0 Å². The number of nitrogens with two attached hydrogens (primary N) is 1. The highest BCUT2D eigenvalue weighted by Gasteiger charge is 2.27. The zero-order valence-electron chi connectivity index (χ0n) is 5.19. The fourth-order valence-electron chi connectivity index (χ4n) is 0.667. The highest BCUT2D eigenvalue weighted by Crippen LogP contribution is 2.11. The molecule has 1 amide bonds. The Labute approximate surface area is 57.3 Å². The molecule has 54 valence electrons. The maximum Gasteiger partial charge on any atom is 0.222 e. The van der Waals surface area contributed by atoms with Crippen molar-refractivity contribution in [2.24, 2.45) is 15.7 Å². The van der Waals surface area contributed by atoms with Crippen LogP contribution in [0, 0.1) is 0 Å². The van der Waals surface area contributed by atoms with Crippen molar-refractivity contribution in [3.05, 3.63) is 0 Å². The van der Waals surface area contributed by atoms with Crippen LogP contribution in [-0.4, -0.2) is 29.3 Å². The van der Waals surface area contributed by atoms with E-state index >= 15 is 0 Å². The molecule has 0 aliphatic carbocycles. The largest absolute Gasteiger partial charge is 0.370 e. The molecule has 0 spiro atoms. The number of amides is 1. The molecule has 1 atom stereocenters. The van der Waals surface area contributed by atoms with Crippen LogP contribution in [0.3, 0.4) is 0 Å². The van der Waals surface area contributed by atoms with E-state index in [0.717, 1.165) is 0 Å². The van der Waals surface area contributed by atoms with Gasteiger partial charge in [-0.2, -0.15) is 0 Å². The van der Waals surface area contributed by atoms with Crippen LogP contribution in [-0.2, 0) is 4.79 Å². The second-order valence-electron chi connectivity index (χ2n) is 2.04. The summed E-state index contributed by atoms with van der Waals surface area (Å²) in [4.78, 5) is 17.3. The molecule has 0 radical (unpaired) electrons. The fourth-order valence-corrected chi connectivity index (χ4v) is 0.667. The van der Waals surface area contributed by atoms with E-state index in [2.05, 4.69) is 9.98 Å². The van der Waals surface area contributed by atoms with Crippen molar-refractivity contribution in [1.29, 1.82) is 0 Å². The van der Waals surface area contributed by atoms with E-state index in [0.29, 0.717) is 0 Å². The van der Waals surface area contributed by atoms with Crippen molar-refractivity contribution in [3.8, 4) is 0 Å². The maximum atomic E-state index is 10.3. The number of aliphatic imine (C=N–C) groups is 2. The lowest BCUT2D eigenvalue weighted by atomic mass is 10.2. The summed E-state index contributed by atoms with van der Waals surface area (Å²) in [6.45, 7) is 0. The minimum atomic E-state index is -1.48. The van der Waals surface area contributed by atoms with Crippen LogP contribution in [0.15, 0.2) is 9.98 Å². The average Bonchev–Trinajstić information content (AvgIpc) is 2.12. The minimum absolute atomic E-state index is 0.215. The molecule has 5 nitrogen and oxygen atoms in total. The Kier molecular flexibility index (Phi) is 1.50. The molecule has 0 saturated heterocycles. The molecule has 0 aromatic carbocycles. The summed E-state index contributed by atoms with van der Waals surface area (Å²) in [6, 6.07) is 0. The van der Waals surface area contributed by atoms with E-state index in [1.165, 1.54) is 12.6 Å². The molecule has 10 heavy (non-hydrogen) atoms. The van der Waals surface area contributed by atoms with Gasteiger partial charge in [-0.1, -0.05) is 0 Å². The molecule has 1 rings (SSSR count). The second kappa shape index (κ2) is 2.18. The van der Waals surface area contributed by atoms with Crippen LogP contribution < -0.4 is 5.73 Å². The van der Waals surface area contributed by atoms with Crippen molar-refractivity contribution in [1.82, 2.24) is 0 Å². The summed E-state index contributed by atoms with van der Waals surface area (Å²) < 4.78 is 0. The minimum Gasteiger partial charge on any atom is -0.370 e. The lowest BCUT2D eigenvalue weighted by molar-refractivity contribution is -0.120. The molecular weight excluding hydrogens is 134 g/mol. The number of aliphatic hydroxyl groups is 1. The topological polar surface area (TPSA) is 88.0 Å². The summed E-state index contributed by atoms with van der Waals surface area (Å²) >= 11 is 0. The van der Waals surface area contributed by atoms with Gasteiger partial charge in [-0.25, -0.2) is 9.98 Å². The van der Waals surface area contributed by atoms with Crippen LogP contribution in [0.2, 0.25) is 0 Å². The van der Waals surface area contributed by atoms with Gasteiger partial charge < -0.3 is 10.8 Å². The number of hydrogen-bond donors (Lipinski definition) is 2.